The van der Waals surface area contributed by atoms with Gasteiger partial charge >= 0.3 is 0 Å². The Morgan fingerprint density at radius 3 is 2.54 bits per heavy atom. The van der Waals surface area contributed by atoms with Crippen molar-refractivity contribution in [1.29, 1.82) is 0 Å². The fourth-order valence-electron chi connectivity index (χ4n) is 1.25. The van der Waals surface area contributed by atoms with Crippen molar-refractivity contribution >= 4 is 10.9 Å². The first kappa shape index (κ1) is 9.78. The lowest BCUT2D eigenvalue weighted by atomic mass is 10.2. The van der Waals surface area contributed by atoms with Crippen LogP contribution in [0.25, 0.3) is 10.9 Å². The third kappa shape index (κ3) is 1.89. The summed E-state index contributed by atoms with van der Waals surface area (Å²) < 4.78 is 14.6. The van der Waals surface area contributed by atoms with Gasteiger partial charge in [0.1, 0.15) is 5.82 Å². The van der Waals surface area contributed by atoms with Gasteiger partial charge in [0.2, 0.25) is 0 Å². The number of rotatable bonds is 0. The van der Waals surface area contributed by atoms with Gasteiger partial charge in [-0.3, -0.25) is 0 Å². The van der Waals surface area contributed by atoms with E-state index in [4.69, 9.17) is 0 Å². The molecule has 0 aliphatic rings. The SMILES string of the molecule is CC.Cn1ccc2cc(F)ccc21. The largest absolute Gasteiger partial charge is 0.351 e. The summed E-state index contributed by atoms with van der Waals surface area (Å²) in [6, 6.07) is 6.70. The van der Waals surface area contributed by atoms with Gasteiger partial charge in [-0.2, -0.15) is 0 Å². The van der Waals surface area contributed by atoms with Gasteiger partial charge < -0.3 is 4.57 Å². The van der Waals surface area contributed by atoms with E-state index < -0.39 is 0 Å². The Balaban J connectivity index is 0.000000396. The highest BCUT2D eigenvalue weighted by Gasteiger charge is 1.97. The fraction of sp³-hybridized carbons (Fsp3) is 0.273. The lowest BCUT2D eigenvalue weighted by Gasteiger charge is -1.94. The molecule has 70 valence electrons. The minimum absolute atomic E-state index is 0.177. The van der Waals surface area contributed by atoms with E-state index in [9.17, 15) is 4.39 Å². The molecule has 0 atom stereocenters. The number of hydrogen-bond acceptors (Lipinski definition) is 0. The second kappa shape index (κ2) is 4.08. The molecule has 1 aromatic heterocycles. The third-order valence-electron chi connectivity index (χ3n) is 1.85. The highest BCUT2D eigenvalue weighted by atomic mass is 19.1. The number of halogens is 1. The summed E-state index contributed by atoms with van der Waals surface area (Å²) in [6.45, 7) is 4.00. The minimum atomic E-state index is -0.177. The Hall–Kier alpha value is -1.31. The lowest BCUT2D eigenvalue weighted by Crippen LogP contribution is -1.83. The van der Waals surface area contributed by atoms with Crippen molar-refractivity contribution in [3.05, 3.63) is 36.3 Å². The molecule has 0 unspecified atom stereocenters. The molecule has 0 N–H and O–H groups in total. The molecule has 0 saturated heterocycles. The first-order valence-electron chi connectivity index (χ1n) is 4.48. The third-order valence-corrected chi connectivity index (χ3v) is 1.85. The smallest absolute Gasteiger partial charge is 0.123 e. The van der Waals surface area contributed by atoms with Crippen molar-refractivity contribution in [3.8, 4) is 0 Å². The number of fused-ring (bicyclic) bond motifs is 1. The summed E-state index contributed by atoms with van der Waals surface area (Å²) >= 11 is 0. The summed E-state index contributed by atoms with van der Waals surface area (Å²) in [7, 11) is 1.94. The summed E-state index contributed by atoms with van der Waals surface area (Å²) in [4.78, 5) is 0. The van der Waals surface area contributed by atoms with Gasteiger partial charge in [0.05, 0.1) is 0 Å². The number of aromatic nitrogens is 1. The molecule has 2 rings (SSSR count). The van der Waals surface area contributed by atoms with E-state index in [1.54, 1.807) is 6.07 Å². The highest BCUT2D eigenvalue weighted by Crippen LogP contribution is 2.15. The number of aryl methyl sites for hydroxylation is 1. The van der Waals surface area contributed by atoms with Gasteiger partial charge in [0.25, 0.3) is 0 Å². The van der Waals surface area contributed by atoms with Crippen LogP contribution in [0.15, 0.2) is 30.5 Å². The molecule has 13 heavy (non-hydrogen) atoms. The first-order chi connectivity index (χ1) is 6.27. The number of benzene rings is 1. The van der Waals surface area contributed by atoms with Crippen LogP contribution in [0.3, 0.4) is 0 Å². The first-order valence-corrected chi connectivity index (χ1v) is 4.48. The van der Waals surface area contributed by atoms with Gasteiger partial charge in [-0.1, -0.05) is 13.8 Å². The molecule has 2 heteroatoms. The molecule has 2 aromatic rings. The maximum absolute atomic E-state index is 12.6. The Morgan fingerprint density at radius 2 is 1.85 bits per heavy atom. The fourth-order valence-corrected chi connectivity index (χ4v) is 1.25. The van der Waals surface area contributed by atoms with E-state index >= 15 is 0 Å². The predicted molar refractivity (Wildman–Crippen MR) is 54.2 cm³/mol. The standard InChI is InChI=1S/C9H8FN.C2H6/c1-11-5-4-7-6-8(10)2-3-9(7)11;1-2/h2-6H,1H3;1-2H3. The van der Waals surface area contributed by atoms with Gasteiger partial charge in [0.15, 0.2) is 0 Å². The summed E-state index contributed by atoms with van der Waals surface area (Å²) in [5.41, 5.74) is 1.06. The van der Waals surface area contributed by atoms with E-state index in [-0.39, 0.29) is 5.82 Å². The topological polar surface area (TPSA) is 4.93 Å². The van der Waals surface area contributed by atoms with E-state index in [0.29, 0.717) is 0 Å². The molecular weight excluding hydrogens is 165 g/mol. The molecule has 0 saturated carbocycles. The van der Waals surface area contributed by atoms with Crippen LogP contribution in [0.2, 0.25) is 0 Å². The van der Waals surface area contributed by atoms with Gasteiger partial charge in [0, 0.05) is 24.1 Å². The van der Waals surface area contributed by atoms with E-state index in [1.807, 2.05) is 37.7 Å². The van der Waals surface area contributed by atoms with Crippen LogP contribution in [0.1, 0.15) is 13.8 Å². The van der Waals surface area contributed by atoms with E-state index in [0.717, 1.165) is 10.9 Å². The number of hydrogen-bond donors (Lipinski definition) is 0. The predicted octanol–water partition coefficient (Wildman–Crippen LogP) is 3.34. The summed E-state index contributed by atoms with van der Waals surface area (Å²) in [5, 5.41) is 0.951. The molecule has 0 spiro atoms. The Morgan fingerprint density at radius 1 is 1.15 bits per heavy atom. The van der Waals surface area contributed by atoms with Crippen LogP contribution in [0, 0.1) is 5.82 Å². The Kier molecular flexibility index (Phi) is 3.07. The van der Waals surface area contributed by atoms with Crippen molar-refractivity contribution in [3.63, 3.8) is 0 Å². The van der Waals surface area contributed by atoms with Crippen LogP contribution in [-0.4, -0.2) is 4.57 Å². The van der Waals surface area contributed by atoms with Crippen LogP contribution < -0.4 is 0 Å². The molecule has 0 radical (unpaired) electrons. The van der Waals surface area contributed by atoms with Crippen LogP contribution in [0.4, 0.5) is 4.39 Å². The molecule has 0 fully saturated rings. The van der Waals surface area contributed by atoms with Crippen molar-refractivity contribution < 1.29 is 4.39 Å². The van der Waals surface area contributed by atoms with Crippen molar-refractivity contribution in [1.82, 2.24) is 4.57 Å². The van der Waals surface area contributed by atoms with Crippen molar-refractivity contribution in [2.75, 3.05) is 0 Å². The molecule has 0 aliphatic carbocycles. The summed E-state index contributed by atoms with van der Waals surface area (Å²) in [6.07, 6.45) is 1.92. The minimum Gasteiger partial charge on any atom is -0.351 e. The Bertz CT molecular complexity index is 390. The molecule has 1 heterocycles. The zero-order chi connectivity index (χ0) is 9.84. The molecule has 1 aromatic carbocycles. The average molecular weight is 179 g/mol. The van der Waals surface area contributed by atoms with Crippen LogP contribution in [-0.2, 0) is 7.05 Å². The average Bonchev–Trinajstić information content (AvgIpc) is 2.51. The maximum atomic E-state index is 12.6. The second-order valence-corrected chi connectivity index (χ2v) is 2.63. The molecule has 0 amide bonds. The summed E-state index contributed by atoms with van der Waals surface area (Å²) in [5.74, 6) is -0.177. The molecular formula is C11H14FN. The lowest BCUT2D eigenvalue weighted by molar-refractivity contribution is 0.629. The quantitative estimate of drug-likeness (QED) is 0.584. The van der Waals surface area contributed by atoms with Gasteiger partial charge in [-0.25, -0.2) is 4.39 Å². The zero-order valence-corrected chi connectivity index (χ0v) is 8.21. The maximum Gasteiger partial charge on any atom is 0.123 e. The van der Waals surface area contributed by atoms with E-state index in [1.165, 1.54) is 12.1 Å². The molecule has 0 aliphatic heterocycles. The van der Waals surface area contributed by atoms with Crippen molar-refractivity contribution in [2.45, 2.75) is 13.8 Å². The monoisotopic (exact) mass is 179 g/mol. The molecule has 1 nitrogen and oxygen atoms in total. The van der Waals surface area contributed by atoms with Gasteiger partial charge in [-0.15, -0.1) is 0 Å². The second-order valence-electron chi connectivity index (χ2n) is 2.63. The van der Waals surface area contributed by atoms with Crippen molar-refractivity contribution in [2.24, 2.45) is 7.05 Å². The zero-order valence-electron chi connectivity index (χ0n) is 8.21. The molecule has 0 bridgehead atoms. The Labute approximate surface area is 77.8 Å². The highest BCUT2D eigenvalue weighted by molar-refractivity contribution is 5.79. The normalized spacial score (nSPS) is 9.54. The number of nitrogens with zero attached hydrogens (tertiary/aromatic N) is 1. The van der Waals surface area contributed by atoms with E-state index in [2.05, 4.69) is 0 Å². The van der Waals surface area contributed by atoms with Crippen LogP contribution >= 0.6 is 0 Å². The van der Waals surface area contributed by atoms with Gasteiger partial charge in [-0.05, 0) is 24.3 Å². The van der Waals surface area contributed by atoms with Crippen LogP contribution in [0.5, 0.6) is 0 Å².